The Morgan fingerprint density at radius 2 is 1.82 bits per heavy atom. The molecule has 0 radical (unpaired) electrons. The Hall–Kier alpha value is -0.300. The van der Waals surface area contributed by atoms with Crippen molar-refractivity contribution in [3.8, 4) is 0 Å². The minimum atomic E-state index is 0.638. The van der Waals surface area contributed by atoms with Gasteiger partial charge in [-0.15, -0.1) is 0 Å². The minimum absolute atomic E-state index is 0.638. The van der Waals surface area contributed by atoms with Crippen LogP contribution in [0.15, 0.2) is 11.1 Å². The zero-order valence-corrected chi connectivity index (χ0v) is 8.31. The molecule has 1 heteroatoms. The summed E-state index contributed by atoms with van der Waals surface area (Å²) in [4.78, 5) is 2.45. The van der Waals surface area contributed by atoms with Crippen molar-refractivity contribution in [3.63, 3.8) is 0 Å². The van der Waals surface area contributed by atoms with E-state index in [1.165, 1.54) is 6.42 Å². The summed E-state index contributed by atoms with van der Waals surface area (Å²) in [5.41, 5.74) is 3.15. The van der Waals surface area contributed by atoms with Crippen molar-refractivity contribution in [3.05, 3.63) is 11.1 Å². The predicted octanol–water partition coefficient (Wildman–Crippen LogP) is 2.44. The van der Waals surface area contributed by atoms with Gasteiger partial charge in [-0.25, -0.2) is 0 Å². The molecule has 1 aliphatic heterocycles. The van der Waals surface area contributed by atoms with Crippen LogP contribution in [0.2, 0.25) is 0 Å². The Morgan fingerprint density at radius 1 is 1.27 bits per heavy atom. The van der Waals surface area contributed by atoms with E-state index in [4.69, 9.17) is 0 Å². The van der Waals surface area contributed by atoms with Crippen LogP contribution in [0.5, 0.6) is 0 Å². The summed E-state index contributed by atoms with van der Waals surface area (Å²) >= 11 is 0. The van der Waals surface area contributed by atoms with E-state index in [-0.39, 0.29) is 0 Å². The van der Waals surface area contributed by atoms with Crippen LogP contribution in [0.1, 0.15) is 34.1 Å². The predicted molar refractivity (Wildman–Crippen MR) is 49.7 cm³/mol. The standard InChI is InChI=1S/C10H19N/c1-7-6-8(2)11(5)10(4)9(7)3/h8,10H,6H2,1-5H3/t8-,10+/m0/s1. The first-order valence-electron chi connectivity index (χ1n) is 4.42. The first kappa shape index (κ1) is 8.79. The molecule has 2 atom stereocenters. The number of hydrogen-bond acceptors (Lipinski definition) is 1. The van der Waals surface area contributed by atoms with E-state index in [1.807, 2.05) is 0 Å². The Bertz CT molecular complexity index is 181. The molecule has 0 aliphatic carbocycles. The molecule has 0 unspecified atom stereocenters. The van der Waals surface area contributed by atoms with E-state index in [9.17, 15) is 0 Å². The topological polar surface area (TPSA) is 3.24 Å². The van der Waals surface area contributed by atoms with E-state index in [2.05, 4.69) is 39.6 Å². The molecule has 11 heavy (non-hydrogen) atoms. The fourth-order valence-corrected chi connectivity index (χ4v) is 1.79. The lowest BCUT2D eigenvalue weighted by atomic mass is 9.92. The highest BCUT2D eigenvalue weighted by molar-refractivity contribution is 5.19. The summed E-state index contributed by atoms with van der Waals surface area (Å²) < 4.78 is 0. The van der Waals surface area contributed by atoms with Crippen LogP contribution in [-0.2, 0) is 0 Å². The molecule has 0 bridgehead atoms. The summed E-state index contributed by atoms with van der Waals surface area (Å²) in [5.74, 6) is 0. The van der Waals surface area contributed by atoms with Crippen LogP contribution >= 0.6 is 0 Å². The first-order valence-corrected chi connectivity index (χ1v) is 4.42. The van der Waals surface area contributed by atoms with E-state index >= 15 is 0 Å². The summed E-state index contributed by atoms with van der Waals surface area (Å²) in [5, 5.41) is 0. The maximum atomic E-state index is 2.45. The number of likely N-dealkylation sites (N-methyl/N-ethyl adjacent to an activating group) is 1. The van der Waals surface area contributed by atoms with Crippen molar-refractivity contribution in [2.45, 2.75) is 46.2 Å². The second-order valence-corrected chi connectivity index (χ2v) is 3.86. The van der Waals surface area contributed by atoms with Gasteiger partial charge in [-0.05, 0) is 41.2 Å². The van der Waals surface area contributed by atoms with Gasteiger partial charge in [-0.2, -0.15) is 0 Å². The van der Waals surface area contributed by atoms with Gasteiger partial charge in [0.15, 0.2) is 0 Å². The van der Waals surface area contributed by atoms with Gasteiger partial charge < -0.3 is 0 Å². The van der Waals surface area contributed by atoms with Gasteiger partial charge in [0.1, 0.15) is 0 Å². The Kier molecular flexibility index (Phi) is 2.38. The monoisotopic (exact) mass is 153 g/mol. The molecular weight excluding hydrogens is 134 g/mol. The molecule has 0 aromatic rings. The molecule has 1 heterocycles. The summed E-state index contributed by atoms with van der Waals surface area (Å²) in [6.45, 7) is 9.10. The highest BCUT2D eigenvalue weighted by Crippen LogP contribution is 2.25. The van der Waals surface area contributed by atoms with Crippen molar-refractivity contribution < 1.29 is 0 Å². The van der Waals surface area contributed by atoms with Crippen molar-refractivity contribution in [1.82, 2.24) is 4.90 Å². The van der Waals surface area contributed by atoms with Crippen molar-refractivity contribution in [1.29, 1.82) is 0 Å². The zero-order valence-electron chi connectivity index (χ0n) is 8.31. The largest absolute Gasteiger partial charge is 0.297 e. The van der Waals surface area contributed by atoms with Crippen molar-refractivity contribution in [2.24, 2.45) is 0 Å². The Labute approximate surface area is 70.1 Å². The van der Waals surface area contributed by atoms with Crippen LogP contribution < -0.4 is 0 Å². The fraction of sp³-hybridized carbons (Fsp3) is 0.800. The van der Waals surface area contributed by atoms with Crippen molar-refractivity contribution >= 4 is 0 Å². The summed E-state index contributed by atoms with van der Waals surface area (Å²) in [7, 11) is 2.21. The molecule has 1 rings (SSSR count). The molecule has 0 fully saturated rings. The van der Waals surface area contributed by atoms with Crippen LogP contribution in [0.3, 0.4) is 0 Å². The maximum absolute atomic E-state index is 2.45. The van der Waals surface area contributed by atoms with E-state index in [0.29, 0.717) is 12.1 Å². The number of nitrogens with zero attached hydrogens (tertiary/aromatic N) is 1. The maximum Gasteiger partial charge on any atom is 0.0278 e. The lowest BCUT2D eigenvalue weighted by Gasteiger charge is -2.37. The number of rotatable bonds is 0. The van der Waals surface area contributed by atoms with Crippen LogP contribution in [0.25, 0.3) is 0 Å². The highest BCUT2D eigenvalue weighted by atomic mass is 15.2. The van der Waals surface area contributed by atoms with E-state index in [1.54, 1.807) is 11.1 Å². The first-order chi connectivity index (χ1) is 5.04. The van der Waals surface area contributed by atoms with Gasteiger partial charge in [0.05, 0.1) is 0 Å². The Balaban J connectivity index is 2.86. The highest BCUT2D eigenvalue weighted by Gasteiger charge is 2.23. The van der Waals surface area contributed by atoms with Gasteiger partial charge in [0, 0.05) is 12.1 Å². The SMILES string of the molecule is CC1=C(C)[C@@H](C)N(C)[C@@H](C)C1. The normalized spacial score (nSPS) is 34.6. The third kappa shape index (κ3) is 1.48. The molecular formula is C10H19N. The zero-order chi connectivity index (χ0) is 8.59. The van der Waals surface area contributed by atoms with Crippen LogP contribution in [-0.4, -0.2) is 24.0 Å². The second-order valence-electron chi connectivity index (χ2n) is 3.86. The van der Waals surface area contributed by atoms with Crippen LogP contribution in [0.4, 0.5) is 0 Å². The van der Waals surface area contributed by atoms with Gasteiger partial charge >= 0.3 is 0 Å². The third-order valence-corrected chi connectivity index (χ3v) is 3.21. The Morgan fingerprint density at radius 3 is 2.36 bits per heavy atom. The molecule has 1 nitrogen and oxygen atoms in total. The van der Waals surface area contributed by atoms with Gasteiger partial charge in [-0.1, -0.05) is 11.1 Å². The van der Waals surface area contributed by atoms with E-state index < -0.39 is 0 Å². The average molecular weight is 153 g/mol. The van der Waals surface area contributed by atoms with Crippen molar-refractivity contribution in [2.75, 3.05) is 7.05 Å². The van der Waals surface area contributed by atoms with Gasteiger partial charge in [0.2, 0.25) is 0 Å². The molecule has 0 saturated heterocycles. The number of hydrogen-bond donors (Lipinski definition) is 0. The third-order valence-electron chi connectivity index (χ3n) is 3.21. The molecule has 0 saturated carbocycles. The molecule has 0 spiro atoms. The lowest BCUT2D eigenvalue weighted by Crippen LogP contribution is -2.41. The second kappa shape index (κ2) is 2.98. The van der Waals surface area contributed by atoms with E-state index in [0.717, 1.165) is 0 Å². The summed E-state index contributed by atoms with van der Waals surface area (Å²) in [6.07, 6.45) is 1.24. The molecule has 0 aromatic carbocycles. The molecule has 0 aromatic heterocycles. The molecule has 64 valence electrons. The minimum Gasteiger partial charge on any atom is -0.297 e. The van der Waals surface area contributed by atoms with Gasteiger partial charge in [0.25, 0.3) is 0 Å². The quantitative estimate of drug-likeness (QED) is 0.483. The molecule has 1 aliphatic rings. The lowest BCUT2D eigenvalue weighted by molar-refractivity contribution is 0.200. The van der Waals surface area contributed by atoms with Crippen LogP contribution in [0, 0.1) is 0 Å². The van der Waals surface area contributed by atoms with Gasteiger partial charge in [-0.3, -0.25) is 4.90 Å². The average Bonchev–Trinajstić information content (AvgIpc) is 1.97. The fourth-order valence-electron chi connectivity index (χ4n) is 1.79. The smallest absolute Gasteiger partial charge is 0.0278 e. The summed E-state index contributed by atoms with van der Waals surface area (Å²) in [6, 6.07) is 1.35. The molecule has 0 amide bonds. The molecule has 0 N–H and O–H groups in total.